The van der Waals surface area contributed by atoms with Crippen LogP contribution in [0, 0.1) is 23.2 Å². The number of likely N-dealkylation sites (N-methyl/N-ethyl adjacent to an activating group) is 1. The van der Waals surface area contributed by atoms with Gasteiger partial charge in [0.05, 0.1) is 12.6 Å². The minimum Gasteiger partial charge on any atom is -0.444 e. The molecule has 0 radical (unpaired) electrons. The third kappa shape index (κ3) is 10.8. The van der Waals surface area contributed by atoms with Crippen LogP contribution >= 0.6 is 0 Å². The van der Waals surface area contributed by atoms with Crippen LogP contribution in [0.4, 0.5) is 18.0 Å². The number of ketones is 1. The maximum Gasteiger partial charge on any atom is 0.408 e. The number of hydrogen-bond acceptors (Lipinski definition) is 8. The lowest BCUT2D eigenvalue weighted by Gasteiger charge is -2.35. The van der Waals surface area contributed by atoms with Gasteiger partial charge in [0.25, 0.3) is 5.91 Å². The quantitative estimate of drug-likeness (QED) is 0.210. The number of nitrogens with zero attached hydrogens (tertiary/aromatic N) is 2. The predicted octanol–water partition coefficient (Wildman–Crippen LogP) is 3.24. The van der Waals surface area contributed by atoms with Gasteiger partial charge >= 0.3 is 12.3 Å². The van der Waals surface area contributed by atoms with Gasteiger partial charge in [0.15, 0.2) is 0 Å². The summed E-state index contributed by atoms with van der Waals surface area (Å²) in [5.41, 5.74) is 1.11. The van der Waals surface area contributed by atoms with Gasteiger partial charge in [-0.3, -0.25) is 28.8 Å². The van der Waals surface area contributed by atoms with Crippen LogP contribution in [0.3, 0.4) is 0 Å². The molecule has 6 amide bonds. The number of carbonyl (C=O) groups is 7. The second-order valence-electron chi connectivity index (χ2n) is 17.4. The van der Waals surface area contributed by atoms with E-state index in [9.17, 15) is 46.7 Å². The van der Waals surface area contributed by atoms with Crippen LogP contribution in [0.5, 0.6) is 0 Å². The fraction of sp³-hybridized carbons (Fsp3) is 0.548. The minimum atomic E-state index is -4.76. The zero-order valence-corrected chi connectivity index (χ0v) is 34.3. The molecule has 0 aromatic heterocycles. The summed E-state index contributed by atoms with van der Waals surface area (Å²) in [6, 6.07) is 10.4. The van der Waals surface area contributed by atoms with E-state index in [0.717, 1.165) is 11.1 Å². The highest BCUT2D eigenvalue weighted by molar-refractivity contribution is 6.38. The molecule has 4 N–H and O–H groups in total. The van der Waals surface area contributed by atoms with Gasteiger partial charge in [-0.15, -0.1) is 0 Å². The number of likely N-dealkylation sites (tertiary alicyclic amines) is 1. The van der Waals surface area contributed by atoms with Crippen molar-refractivity contribution in [3.63, 3.8) is 0 Å². The molecule has 320 valence electrons. The fourth-order valence-electron chi connectivity index (χ4n) is 8.28. The molecule has 2 aliphatic carbocycles. The normalized spacial score (nSPS) is 20.8. The molecule has 0 spiro atoms. The topological polar surface area (TPSA) is 183 Å². The number of alkyl carbamates (subject to hydrolysis) is 1. The van der Waals surface area contributed by atoms with E-state index in [1.54, 1.807) is 51.1 Å². The second-order valence-corrected chi connectivity index (χ2v) is 17.4. The summed E-state index contributed by atoms with van der Waals surface area (Å²) in [6.45, 7) is 8.11. The molecule has 1 heterocycles. The zero-order chi connectivity index (χ0) is 43.6. The van der Waals surface area contributed by atoms with Crippen molar-refractivity contribution in [1.82, 2.24) is 31.1 Å². The molecular formula is C42H53F3N6O8. The number of alkyl halides is 3. The Morgan fingerprint density at radius 1 is 0.881 bits per heavy atom. The van der Waals surface area contributed by atoms with E-state index in [1.807, 2.05) is 38.1 Å². The number of carbonyl (C=O) groups excluding carboxylic acids is 7. The van der Waals surface area contributed by atoms with E-state index in [2.05, 4.69) is 21.3 Å². The predicted molar refractivity (Wildman–Crippen MR) is 208 cm³/mol. The monoisotopic (exact) mass is 826 g/mol. The number of ether oxygens (including phenoxy) is 1. The lowest BCUT2D eigenvalue weighted by molar-refractivity contribution is -0.148. The summed E-state index contributed by atoms with van der Waals surface area (Å²) in [7, 11) is 2.97. The molecule has 1 saturated heterocycles. The highest BCUT2D eigenvalue weighted by atomic mass is 19.4. The number of nitrogens with one attached hydrogen (secondary N) is 4. The lowest BCUT2D eigenvalue weighted by Crippen LogP contribution is -2.60. The van der Waals surface area contributed by atoms with Gasteiger partial charge in [-0.05, 0) is 79.9 Å². The first kappa shape index (κ1) is 44.6. The summed E-state index contributed by atoms with van der Waals surface area (Å²) in [6.07, 6.45) is -7.23. The van der Waals surface area contributed by atoms with Gasteiger partial charge in [0.2, 0.25) is 29.4 Å². The Labute approximate surface area is 341 Å². The summed E-state index contributed by atoms with van der Waals surface area (Å²) in [4.78, 5) is 96.9. The molecular weight excluding hydrogens is 773 g/mol. The minimum absolute atomic E-state index is 0.109. The summed E-state index contributed by atoms with van der Waals surface area (Å²) in [5.74, 6) is -6.75. The molecule has 2 fully saturated rings. The van der Waals surface area contributed by atoms with Gasteiger partial charge < -0.3 is 35.8 Å². The van der Waals surface area contributed by atoms with Gasteiger partial charge in [-0.25, -0.2) is 4.79 Å². The average molecular weight is 827 g/mol. The first-order chi connectivity index (χ1) is 27.5. The maximum absolute atomic E-state index is 14.6. The van der Waals surface area contributed by atoms with Crippen LogP contribution in [-0.2, 0) is 46.3 Å². The number of hydrogen-bond donors (Lipinski definition) is 4. The Hall–Kier alpha value is -5.48. The van der Waals surface area contributed by atoms with Crippen molar-refractivity contribution in [3.05, 3.63) is 71.3 Å². The SMILES string of the molecule is CN(C)C(=O)[C@@H](NC(=O)CNC(=O)C(=O)C(CCC(F)(F)F)NC(=O)[C@@H]1[C@@H]2[C@H](CN1C(=O)[C@@H](NC(=O)OC(C)(C)C)C1Cc3ccccc3C1)C2(C)C)c1ccccc1. The van der Waals surface area contributed by atoms with Crippen LogP contribution in [-0.4, -0.2) is 108 Å². The third-order valence-corrected chi connectivity index (χ3v) is 11.4. The molecule has 1 aliphatic heterocycles. The van der Waals surface area contributed by atoms with Crippen molar-refractivity contribution in [2.24, 2.45) is 23.2 Å². The summed E-state index contributed by atoms with van der Waals surface area (Å²) in [5, 5.41) is 9.68. The second kappa shape index (κ2) is 17.4. The van der Waals surface area contributed by atoms with Crippen molar-refractivity contribution in [1.29, 1.82) is 0 Å². The van der Waals surface area contributed by atoms with Crippen molar-refractivity contribution in [2.75, 3.05) is 27.2 Å². The molecule has 3 aliphatic rings. The Morgan fingerprint density at radius 2 is 1.47 bits per heavy atom. The molecule has 1 saturated carbocycles. The molecule has 5 rings (SSSR count). The molecule has 1 unspecified atom stereocenters. The van der Waals surface area contributed by atoms with E-state index in [1.165, 1.54) is 23.9 Å². The number of halogens is 3. The average Bonchev–Trinajstić information content (AvgIpc) is 3.51. The van der Waals surface area contributed by atoms with Crippen LogP contribution in [0.1, 0.15) is 70.2 Å². The van der Waals surface area contributed by atoms with Crippen molar-refractivity contribution in [3.8, 4) is 0 Å². The van der Waals surface area contributed by atoms with Crippen LogP contribution in [0.2, 0.25) is 0 Å². The standard InChI is InChI=1S/C42H53F3N6O8/c1-40(2,3)59-39(58)49-32(26-19-24-15-11-12-16-25(24)20-26)38(57)51-22-27-30(41(27,4)5)33(51)35(54)47-28(17-18-42(43,44)45)34(53)36(55)46-21-29(52)48-31(37(56)50(6)7)23-13-9-8-10-14-23/h8-16,26-28,30-33H,17-22H2,1-7H3,(H,46,55)(H,47,54)(H,48,52)(H,49,58)/t27-,28?,30-,31-,32-,33-/m0/s1. The number of piperidine rings is 1. The van der Waals surface area contributed by atoms with E-state index in [4.69, 9.17) is 4.74 Å². The molecule has 14 nitrogen and oxygen atoms in total. The first-order valence-electron chi connectivity index (χ1n) is 19.6. The Kier molecular flexibility index (Phi) is 13.2. The smallest absolute Gasteiger partial charge is 0.408 e. The summed E-state index contributed by atoms with van der Waals surface area (Å²) < 4.78 is 46.1. The molecule has 2 aromatic rings. The van der Waals surface area contributed by atoms with Gasteiger partial charge in [-0.2, -0.15) is 13.2 Å². The van der Waals surface area contributed by atoms with Gasteiger partial charge in [0, 0.05) is 27.1 Å². The number of fused-ring (bicyclic) bond motifs is 2. The molecule has 17 heteroatoms. The zero-order valence-electron chi connectivity index (χ0n) is 34.3. The molecule has 2 aromatic carbocycles. The van der Waals surface area contributed by atoms with Crippen molar-refractivity contribution in [2.45, 2.75) is 96.2 Å². The molecule has 6 atom stereocenters. The largest absolute Gasteiger partial charge is 0.444 e. The van der Waals surface area contributed by atoms with Crippen LogP contribution < -0.4 is 21.3 Å². The Balaban J connectivity index is 1.33. The van der Waals surface area contributed by atoms with Crippen molar-refractivity contribution < 1.29 is 51.5 Å². The van der Waals surface area contributed by atoms with Crippen molar-refractivity contribution >= 4 is 41.4 Å². The molecule has 0 bridgehead atoms. The van der Waals surface area contributed by atoms with Gasteiger partial charge in [0.1, 0.15) is 23.7 Å². The first-order valence-corrected chi connectivity index (χ1v) is 19.6. The van der Waals surface area contributed by atoms with E-state index in [0.29, 0.717) is 18.4 Å². The van der Waals surface area contributed by atoms with E-state index in [-0.39, 0.29) is 12.5 Å². The van der Waals surface area contributed by atoms with E-state index >= 15 is 0 Å². The number of benzene rings is 2. The van der Waals surface area contributed by atoms with Crippen LogP contribution in [0.25, 0.3) is 0 Å². The highest BCUT2D eigenvalue weighted by Gasteiger charge is 2.70. The third-order valence-electron chi connectivity index (χ3n) is 11.4. The maximum atomic E-state index is 14.6. The number of Topliss-reactive ketones (excluding diaryl/α,β-unsaturated/α-hetero) is 1. The Bertz CT molecular complexity index is 1920. The van der Waals surface area contributed by atoms with Crippen LogP contribution in [0.15, 0.2) is 54.6 Å². The number of rotatable bonds is 14. The van der Waals surface area contributed by atoms with Gasteiger partial charge in [-0.1, -0.05) is 68.4 Å². The molecule has 59 heavy (non-hydrogen) atoms. The lowest BCUT2D eigenvalue weighted by atomic mass is 9.93. The Morgan fingerprint density at radius 3 is 2.03 bits per heavy atom. The summed E-state index contributed by atoms with van der Waals surface area (Å²) >= 11 is 0. The highest BCUT2D eigenvalue weighted by Crippen LogP contribution is 2.65. The number of amides is 6. The fourth-order valence-corrected chi connectivity index (χ4v) is 8.28. The van der Waals surface area contributed by atoms with E-state index < -0.39 is 114 Å².